The van der Waals surface area contributed by atoms with E-state index in [0.717, 1.165) is 16.8 Å². The van der Waals surface area contributed by atoms with E-state index in [1.807, 2.05) is 45.0 Å². The second-order valence-corrected chi connectivity index (χ2v) is 5.86. The van der Waals surface area contributed by atoms with Gasteiger partial charge in [-0.3, -0.25) is 4.79 Å². The van der Waals surface area contributed by atoms with Crippen LogP contribution in [0.15, 0.2) is 53.1 Å². The molecule has 0 saturated heterocycles. The van der Waals surface area contributed by atoms with E-state index in [9.17, 15) is 9.90 Å². The van der Waals surface area contributed by atoms with Gasteiger partial charge in [-0.25, -0.2) is 0 Å². The molecule has 0 unspecified atom stereocenters. The quantitative estimate of drug-likeness (QED) is 0.861. The standard InChI is InChI=1S/C20H20N2O3/c1-4-25-19-12-15(8-9-18(19)23)11-17-14(3)21-22(20(17)24)16-7-5-6-13(2)10-16/h5-12,23H,4H2,1-3H3. The summed E-state index contributed by atoms with van der Waals surface area (Å²) in [6.07, 6.45) is 1.76. The van der Waals surface area contributed by atoms with Crippen LogP contribution in [0.1, 0.15) is 25.0 Å². The molecular formula is C20H20N2O3. The topological polar surface area (TPSA) is 62.1 Å². The molecule has 0 saturated carbocycles. The average molecular weight is 336 g/mol. The third kappa shape index (κ3) is 3.40. The van der Waals surface area contributed by atoms with Crippen molar-refractivity contribution in [2.24, 2.45) is 5.10 Å². The summed E-state index contributed by atoms with van der Waals surface area (Å²) < 4.78 is 5.39. The second-order valence-electron chi connectivity index (χ2n) is 5.86. The van der Waals surface area contributed by atoms with Crippen LogP contribution in [-0.2, 0) is 4.79 Å². The summed E-state index contributed by atoms with van der Waals surface area (Å²) in [4.78, 5) is 12.8. The van der Waals surface area contributed by atoms with Crippen molar-refractivity contribution in [1.82, 2.24) is 0 Å². The highest BCUT2D eigenvalue weighted by molar-refractivity contribution is 6.32. The number of phenols is 1. The Balaban J connectivity index is 1.93. The zero-order valence-electron chi connectivity index (χ0n) is 14.5. The first-order valence-corrected chi connectivity index (χ1v) is 8.14. The van der Waals surface area contributed by atoms with Crippen molar-refractivity contribution in [1.29, 1.82) is 0 Å². The number of phenolic OH excluding ortho intramolecular Hbond substituents is 1. The molecule has 25 heavy (non-hydrogen) atoms. The lowest BCUT2D eigenvalue weighted by Crippen LogP contribution is -2.21. The Labute approximate surface area is 146 Å². The molecule has 2 aromatic carbocycles. The van der Waals surface area contributed by atoms with Gasteiger partial charge in [0.15, 0.2) is 11.5 Å². The number of rotatable bonds is 4. The van der Waals surface area contributed by atoms with Crippen molar-refractivity contribution in [3.05, 3.63) is 59.2 Å². The van der Waals surface area contributed by atoms with E-state index < -0.39 is 0 Å². The van der Waals surface area contributed by atoms with Crippen LogP contribution >= 0.6 is 0 Å². The molecule has 5 heteroatoms. The van der Waals surface area contributed by atoms with Crippen molar-refractivity contribution in [3.63, 3.8) is 0 Å². The normalized spacial score (nSPS) is 15.6. The van der Waals surface area contributed by atoms with E-state index in [4.69, 9.17) is 4.74 Å². The molecule has 1 amide bonds. The number of aromatic hydroxyl groups is 1. The van der Waals surface area contributed by atoms with Crippen LogP contribution < -0.4 is 9.75 Å². The summed E-state index contributed by atoms with van der Waals surface area (Å²) >= 11 is 0. The lowest BCUT2D eigenvalue weighted by Gasteiger charge is -2.12. The number of ether oxygens (including phenoxy) is 1. The van der Waals surface area contributed by atoms with E-state index in [1.165, 1.54) is 5.01 Å². The number of hydrogen-bond acceptors (Lipinski definition) is 4. The van der Waals surface area contributed by atoms with Gasteiger partial charge < -0.3 is 9.84 Å². The van der Waals surface area contributed by atoms with Crippen molar-refractivity contribution in [2.75, 3.05) is 11.6 Å². The molecule has 2 aromatic rings. The first-order valence-electron chi connectivity index (χ1n) is 8.14. The number of hydrazone groups is 1. The number of hydrogen-bond donors (Lipinski definition) is 1. The highest BCUT2D eigenvalue weighted by Crippen LogP contribution is 2.30. The van der Waals surface area contributed by atoms with Gasteiger partial charge in [0.05, 0.1) is 23.6 Å². The monoisotopic (exact) mass is 336 g/mol. The molecule has 3 rings (SSSR count). The first kappa shape index (κ1) is 16.8. The number of amides is 1. The minimum Gasteiger partial charge on any atom is -0.504 e. The van der Waals surface area contributed by atoms with Gasteiger partial charge in [0, 0.05) is 0 Å². The Hall–Kier alpha value is -3.08. The van der Waals surface area contributed by atoms with Gasteiger partial charge in [-0.2, -0.15) is 10.1 Å². The molecule has 0 radical (unpaired) electrons. The Morgan fingerprint density at radius 1 is 1.20 bits per heavy atom. The Kier molecular flexibility index (Phi) is 4.57. The highest BCUT2D eigenvalue weighted by Gasteiger charge is 2.28. The Morgan fingerprint density at radius 3 is 2.72 bits per heavy atom. The fourth-order valence-corrected chi connectivity index (χ4v) is 2.68. The average Bonchev–Trinajstić information content (AvgIpc) is 2.86. The van der Waals surface area contributed by atoms with Crippen LogP contribution in [-0.4, -0.2) is 23.3 Å². The van der Waals surface area contributed by atoms with Gasteiger partial charge in [-0.15, -0.1) is 0 Å². The molecule has 1 heterocycles. The number of aryl methyl sites for hydroxylation is 1. The second kappa shape index (κ2) is 6.81. The fraction of sp³-hybridized carbons (Fsp3) is 0.200. The van der Waals surface area contributed by atoms with Crippen molar-refractivity contribution in [2.45, 2.75) is 20.8 Å². The van der Waals surface area contributed by atoms with Crippen LogP contribution in [0.3, 0.4) is 0 Å². The van der Waals surface area contributed by atoms with Gasteiger partial charge in [-0.1, -0.05) is 18.2 Å². The van der Waals surface area contributed by atoms with Crippen molar-refractivity contribution < 1.29 is 14.6 Å². The highest BCUT2D eigenvalue weighted by atomic mass is 16.5. The van der Waals surface area contributed by atoms with Gasteiger partial charge in [0.25, 0.3) is 5.91 Å². The number of nitrogens with zero attached hydrogens (tertiary/aromatic N) is 2. The smallest absolute Gasteiger partial charge is 0.280 e. The zero-order valence-corrected chi connectivity index (χ0v) is 14.5. The van der Waals surface area contributed by atoms with Gasteiger partial charge in [-0.05, 0) is 62.2 Å². The molecule has 1 aliphatic heterocycles. The Morgan fingerprint density at radius 2 is 2.00 bits per heavy atom. The molecule has 1 aliphatic rings. The molecular weight excluding hydrogens is 316 g/mol. The summed E-state index contributed by atoms with van der Waals surface area (Å²) in [5.41, 5.74) is 3.75. The summed E-state index contributed by atoms with van der Waals surface area (Å²) in [6.45, 7) is 6.09. The molecule has 128 valence electrons. The van der Waals surface area contributed by atoms with E-state index in [0.29, 0.717) is 23.6 Å². The first-order chi connectivity index (χ1) is 12.0. The maximum absolute atomic E-state index is 12.8. The number of benzene rings is 2. The number of anilines is 1. The minimum absolute atomic E-state index is 0.0773. The predicted molar refractivity (Wildman–Crippen MR) is 99.0 cm³/mol. The molecule has 0 spiro atoms. The van der Waals surface area contributed by atoms with Gasteiger partial charge in [0.2, 0.25) is 0 Å². The van der Waals surface area contributed by atoms with Crippen LogP contribution in [0.4, 0.5) is 5.69 Å². The lowest BCUT2D eigenvalue weighted by molar-refractivity contribution is -0.114. The zero-order chi connectivity index (χ0) is 18.0. The van der Waals surface area contributed by atoms with Crippen LogP contribution in [0, 0.1) is 6.92 Å². The predicted octanol–water partition coefficient (Wildman–Crippen LogP) is 3.91. The fourth-order valence-electron chi connectivity index (χ4n) is 2.68. The third-order valence-electron chi connectivity index (χ3n) is 3.90. The molecule has 5 nitrogen and oxygen atoms in total. The van der Waals surface area contributed by atoms with Crippen LogP contribution in [0.2, 0.25) is 0 Å². The minimum atomic E-state index is -0.172. The molecule has 1 N–H and O–H groups in total. The van der Waals surface area contributed by atoms with E-state index in [2.05, 4.69) is 5.10 Å². The van der Waals surface area contributed by atoms with Gasteiger partial charge in [0.1, 0.15) is 0 Å². The summed E-state index contributed by atoms with van der Waals surface area (Å²) in [5.74, 6) is 0.301. The maximum Gasteiger partial charge on any atom is 0.280 e. The number of carbonyl (C=O) groups excluding carboxylic acids is 1. The lowest BCUT2D eigenvalue weighted by atomic mass is 10.1. The van der Waals surface area contributed by atoms with Crippen molar-refractivity contribution >= 4 is 23.4 Å². The SMILES string of the molecule is CCOc1cc(C=C2C(=O)N(c3cccc(C)c3)N=C2C)ccc1O. The summed E-state index contributed by atoms with van der Waals surface area (Å²) in [7, 11) is 0. The third-order valence-corrected chi connectivity index (χ3v) is 3.90. The van der Waals surface area contributed by atoms with E-state index in [-0.39, 0.29) is 11.7 Å². The molecule has 0 atom stereocenters. The van der Waals surface area contributed by atoms with E-state index in [1.54, 1.807) is 24.3 Å². The van der Waals surface area contributed by atoms with Crippen LogP contribution in [0.25, 0.3) is 6.08 Å². The maximum atomic E-state index is 12.8. The summed E-state index contributed by atoms with van der Waals surface area (Å²) in [6, 6.07) is 12.7. The Bertz CT molecular complexity index is 884. The molecule has 0 bridgehead atoms. The van der Waals surface area contributed by atoms with E-state index >= 15 is 0 Å². The largest absolute Gasteiger partial charge is 0.504 e. The van der Waals surface area contributed by atoms with Crippen LogP contribution in [0.5, 0.6) is 11.5 Å². The van der Waals surface area contributed by atoms with Gasteiger partial charge >= 0.3 is 0 Å². The number of carbonyl (C=O) groups is 1. The molecule has 0 fully saturated rings. The van der Waals surface area contributed by atoms with Crippen molar-refractivity contribution in [3.8, 4) is 11.5 Å². The molecule has 0 aliphatic carbocycles. The molecule has 0 aromatic heterocycles. The summed E-state index contributed by atoms with van der Waals surface area (Å²) in [5, 5.41) is 15.6.